The van der Waals surface area contributed by atoms with Crippen molar-refractivity contribution in [3.05, 3.63) is 76.2 Å². The molecule has 2 aromatic heterocycles. The fourth-order valence-corrected chi connectivity index (χ4v) is 4.12. The predicted octanol–water partition coefficient (Wildman–Crippen LogP) is 5.00. The van der Waals surface area contributed by atoms with Crippen LogP contribution in [-0.4, -0.2) is 10.9 Å². The summed E-state index contributed by atoms with van der Waals surface area (Å²) in [7, 11) is 0. The normalized spacial score (nSPS) is 10.5. The van der Waals surface area contributed by atoms with Gasteiger partial charge in [-0.25, -0.2) is 0 Å². The minimum absolute atomic E-state index is 0.0529. The van der Waals surface area contributed by atoms with Gasteiger partial charge in [0.1, 0.15) is 4.88 Å². The summed E-state index contributed by atoms with van der Waals surface area (Å²) >= 11 is 3.14. The highest BCUT2D eigenvalue weighted by molar-refractivity contribution is 7.98. The van der Waals surface area contributed by atoms with Crippen molar-refractivity contribution in [2.45, 2.75) is 17.6 Å². The lowest BCUT2D eigenvalue weighted by Crippen LogP contribution is -2.11. The van der Waals surface area contributed by atoms with Crippen molar-refractivity contribution in [1.29, 1.82) is 0 Å². The Bertz CT molecular complexity index is 800. The maximum Gasteiger partial charge on any atom is 0.266 e. The van der Waals surface area contributed by atoms with E-state index in [2.05, 4.69) is 10.3 Å². The van der Waals surface area contributed by atoms with Crippen LogP contribution in [0.3, 0.4) is 0 Å². The Hall–Kier alpha value is -2.11. The van der Waals surface area contributed by atoms with Crippen molar-refractivity contribution in [3.63, 3.8) is 0 Å². The zero-order valence-corrected chi connectivity index (χ0v) is 14.3. The molecule has 0 fully saturated rings. The molecule has 1 amide bonds. The van der Waals surface area contributed by atoms with Crippen LogP contribution in [0.25, 0.3) is 0 Å². The second-order valence-corrected chi connectivity index (χ2v) is 7.02. The first-order chi connectivity index (χ1) is 11.2. The summed E-state index contributed by atoms with van der Waals surface area (Å²) in [6.07, 6.45) is 3.57. The number of nitrogens with zero attached hydrogens (tertiary/aromatic N) is 1. The number of amides is 1. The number of rotatable bonds is 5. The van der Waals surface area contributed by atoms with Crippen molar-refractivity contribution in [2.24, 2.45) is 0 Å². The summed E-state index contributed by atoms with van der Waals surface area (Å²) in [5.74, 6) is 0.770. The minimum atomic E-state index is -0.0529. The van der Waals surface area contributed by atoms with Crippen molar-refractivity contribution in [1.82, 2.24) is 4.98 Å². The van der Waals surface area contributed by atoms with E-state index in [1.165, 1.54) is 16.9 Å². The molecule has 0 aliphatic rings. The quantitative estimate of drug-likeness (QED) is 0.665. The fraction of sp³-hybridized carbons (Fsp3) is 0.111. The van der Waals surface area contributed by atoms with Crippen LogP contribution in [0.5, 0.6) is 0 Å². The number of nitrogens with one attached hydrogen (secondary N) is 1. The highest BCUT2D eigenvalue weighted by Gasteiger charge is 2.14. The monoisotopic (exact) mass is 340 g/mol. The van der Waals surface area contributed by atoms with E-state index in [0.717, 1.165) is 26.8 Å². The molecule has 3 aromatic rings. The summed E-state index contributed by atoms with van der Waals surface area (Å²) in [4.78, 5) is 18.3. The molecule has 1 N–H and O–H groups in total. The van der Waals surface area contributed by atoms with Crippen molar-refractivity contribution >= 4 is 34.7 Å². The van der Waals surface area contributed by atoms with Gasteiger partial charge in [0, 0.05) is 28.7 Å². The largest absolute Gasteiger partial charge is 0.321 e. The molecule has 1 aromatic carbocycles. The van der Waals surface area contributed by atoms with Crippen LogP contribution in [0.2, 0.25) is 0 Å². The average Bonchev–Trinajstić information content (AvgIpc) is 3.02. The van der Waals surface area contributed by atoms with Crippen LogP contribution in [0.4, 0.5) is 5.69 Å². The van der Waals surface area contributed by atoms with E-state index in [1.807, 2.05) is 54.8 Å². The number of carbonyl (C=O) groups excluding carboxylic acids is 1. The van der Waals surface area contributed by atoms with Gasteiger partial charge in [0.15, 0.2) is 0 Å². The molecule has 0 spiro atoms. The van der Waals surface area contributed by atoms with E-state index >= 15 is 0 Å². The molecule has 116 valence electrons. The average molecular weight is 340 g/mol. The third-order valence-corrected chi connectivity index (χ3v) is 5.43. The number of anilines is 1. The fourth-order valence-electron chi connectivity index (χ4n) is 2.13. The van der Waals surface area contributed by atoms with E-state index in [0.29, 0.717) is 0 Å². The zero-order valence-electron chi connectivity index (χ0n) is 12.7. The lowest BCUT2D eigenvalue weighted by atomic mass is 10.2. The number of pyridine rings is 1. The van der Waals surface area contributed by atoms with Gasteiger partial charge in [0.05, 0.1) is 0 Å². The lowest BCUT2D eigenvalue weighted by molar-refractivity contribution is 0.102. The minimum Gasteiger partial charge on any atom is -0.321 e. The summed E-state index contributed by atoms with van der Waals surface area (Å²) in [5.41, 5.74) is 3.15. The van der Waals surface area contributed by atoms with Gasteiger partial charge in [-0.2, -0.15) is 0 Å². The van der Waals surface area contributed by atoms with Gasteiger partial charge in [-0.3, -0.25) is 9.78 Å². The van der Waals surface area contributed by atoms with Crippen LogP contribution in [0.1, 0.15) is 20.8 Å². The first-order valence-corrected chi connectivity index (χ1v) is 9.06. The molecule has 2 heterocycles. The molecule has 3 rings (SSSR count). The smallest absolute Gasteiger partial charge is 0.266 e. The van der Waals surface area contributed by atoms with Gasteiger partial charge in [-0.15, -0.1) is 23.1 Å². The number of carbonyl (C=O) groups is 1. The molecule has 5 heteroatoms. The SMILES string of the molecule is Cc1cccc(NC(=O)c2sccc2SCc2ccncc2)c1. The van der Waals surface area contributed by atoms with Gasteiger partial charge >= 0.3 is 0 Å². The van der Waals surface area contributed by atoms with Gasteiger partial charge in [0.2, 0.25) is 0 Å². The Morgan fingerprint density at radius 3 is 2.83 bits per heavy atom. The van der Waals surface area contributed by atoms with Crippen LogP contribution in [-0.2, 0) is 5.75 Å². The first kappa shape index (κ1) is 15.8. The number of aromatic nitrogens is 1. The Morgan fingerprint density at radius 2 is 2.04 bits per heavy atom. The molecule has 0 radical (unpaired) electrons. The number of thiophene rings is 1. The summed E-state index contributed by atoms with van der Waals surface area (Å²) in [5, 5.41) is 4.93. The molecule has 0 bridgehead atoms. The van der Waals surface area contributed by atoms with Crippen molar-refractivity contribution in [2.75, 3.05) is 5.32 Å². The molecule has 0 aliphatic carbocycles. The molecule has 23 heavy (non-hydrogen) atoms. The Morgan fingerprint density at radius 1 is 1.22 bits per heavy atom. The van der Waals surface area contributed by atoms with Gasteiger partial charge in [-0.1, -0.05) is 12.1 Å². The molecule has 3 nitrogen and oxygen atoms in total. The highest BCUT2D eigenvalue weighted by Crippen LogP contribution is 2.30. The molecule has 0 atom stereocenters. The third kappa shape index (κ3) is 4.21. The molecule has 0 unspecified atom stereocenters. The molecule has 0 aliphatic heterocycles. The maximum atomic E-state index is 12.5. The number of hydrogen-bond donors (Lipinski definition) is 1. The third-order valence-electron chi connectivity index (χ3n) is 3.25. The lowest BCUT2D eigenvalue weighted by Gasteiger charge is -2.07. The van der Waals surface area contributed by atoms with Gasteiger partial charge < -0.3 is 5.32 Å². The van der Waals surface area contributed by atoms with Crippen molar-refractivity contribution in [3.8, 4) is 0 Å². The first-order valence-electron chi connectivity index (χ1n) is 7.19. The van der Waals surface area contributed by atoms with Gasteiger partial charge in [-0.05, 0) is 53.8 Å². The molecular weight excluding hydrogens is 324 g/mol. The topological polar surface area (TPSA) is 42.0 Å². The Kier molecular flexibility index (Phi) is 5.10. The van der Waals surface area contributed by atoms with Crippen molar-refractivity contribution < 1.29 is 4.79 Å². The highest BCUT2D eigenvalue weighted by atomic mass is 32.2. The predicted molar refractivity (Wildman–Crippen MR) is 97.2 cm³/mol. The second kappa shape index (κ2) is 7.44. The van der Waals surface area contributed by atoms with E-state index in [9.17, 15) is 4.79 Å². The summed E-state index contributed by atoms with van der Waals surface area (Å²) < 4.78 is 0. The number of thioether (sulfide) groups is 1. The van der Waals surface area contributed by atoms with E-state index in [4.69, 9.17) is 0 Å². The van der Waals surface area contributed by atoms with Crippen LogP contribution in [0, 0.1) is 6.92 Å². The molecule has 0 saturated heterocycles. The number of benzene rings is 1. The van der Waals surface area contributed by atoms with Crippen LogP contribution in [0.15, 0.2) is 65.1 Å². The standard InChI is InChI=1S/C18H16N2OS2/c1-13-3-2-4-15(11-13)20-18(21)17-16(7-10-22-17)23-12-14-5-8-19-9-6-14/h2-11H,12H2,1H3,(H,20,21). The Balaban J connectivity index is 1.69. The molecule has 0 saturated carbocycles. The maximum absolute atomic E-state index is 12.5. The summed E-state index contributed by atoms with van der Waals surface area (Å²) in [6.45, 7) is 2.01. The van der Waals surface area contributed by atoms with E-state index in [1.54, 1.807) is 24.2 Å². The van der Waals surface area contributed by atoms with Crippen LogP contribution < -0.4 is 5.32 Å². The van der Waals surface area contributed by atoms with Crippen LogP contribution >= 0.6 is 23.1 Å². The second-order valence-electron chi connectivity index (χ2n) is 5.08. The van der Waals surface area contributed by atoms with E-state index < -0.39 is 0 Å². The van der Waals surface area contributed by atoms with E-state index in [-0.39, 0.29) is 5.91 Å². The summed E-state index contributed by atoms with van der Waals surface area (Å²) in [6, 6.07) is 13.8. The molecular formula is C18H16N2OS2. The Labute approximate surface area is 143 Å². The number of aryl methyl sites for hydroxylation is 1. The zero-order chi connectivity index (χ0) is 16.1. The van der Waals surface area contributed by atoms with Gasteiger partial charge in [0.25, 0.3) is 5.91 Å². The number of hydrogen-bond acceptors (Lipinski definition) is 4.